The summed E-state index contributed by atoms with van der Waals surface area (Å²) in [6.07, 6.45) is 6.96. The molecule has 2 fully saturated rings. The Labute approximate surface area is 205 Å². The third-order valence-electron chi connectivity index (χ3n) is 8.54. The number of alkyl halides is 7. The van der Waals surface area contributed by atoms with Crippen molar-refractivity contribution < 1.29 is 30.7 Å². The molecule has 1 aromatic carbocycles. The highest BCUT2D eigenvalue weighted by molar-refractivity contribution is 5.26. The van der Waals surface area contributed by atoms with Crippen LogP contribution in [0.15, 0.2) is 24.3 Å². The zero-order valence-electron chi connectivity index (χ0n) is 20.7. The van der Waals surface area contributed by atoms with Crippen LogP contribution in [0.4, 0.5) is 30.7 Å². The van der Waals surface area contributed by atoms with Crippen LogP contribution in [-0.4, -0.2) is 18.0 Å². The van der Waals surface area contributed by atoms with Crippen LogP contribution >= 0.6 is 0 Å². The van der Waals surface area contributed by atoms with Gasteiger partial charge in [-0.05, 0) is 79.7 Å². The maximum atomic E-state index is 13.6. The van der Waals surface area contributed by atoms with Crippen molar-refractivity contribution in [2.45, 2.75) is 121 Å². The van der Waals surface area contributed by atoms with E-state index in [4.69, 9.17) is 0 Å². The van der Waals surface area contributed by atoms with Crippen LogP contribution in [0.2, 0.25) is 0 Å². The predicted molar refractivity (Wildman–Crippen MR) is 125 cm³/mol. The first kappa shape index (κ1) is 28.3. The molecule has 0 unspecified atom stereocenters. The van der Waals surface area contributed by atoms with Crippen LogP contribution < -0.4 is 0 Å². The highest BCUT2D eigenvalue weighted by Crippen LogP contribution is 2.48. The van der Waals surface area contributed by atoms with Crippen LogP contribution in [0.3, 0.4) is 0 Å². The summed E-state index contributed by atoms with van der Waals surface area (Å²) in [6, 6.07) is 6.82. The molecule has 1 aromatic rings. The van der Waals surface area contributed by atoms with Crippen LogP contribution in [0.1, 0.15) is 107 Å². The molecule has 0 N–H and O–H groups in total. The van der Waals surface area contributed by atoms with Crippen molar-refractivity contribution >= 4 is 0 Å². The van der Waals surface area contributed by atoms with E-state index in [1.807, 2.05) is 12.1 Å². The largest absolute Gasteiger partial charge is 0.459 e. The van der Waals surface area contributed by atoms with Gasteiger partial charge in [0.1, 0.15) is 0 Å². The van der Waals surface area contributed by atoms with Crippen molar-refractivity contribution in [1.82, 2.24) is 0 Å². The summed E-state index contributed by atoms with van der Waals surface area (Å²) in [7, 11) is 0. The summed E-state index contributed by atoms with van der Waals surface area (Å²) in [5, 5.41) is 0. The molecule has 0 spiro atoms. The fraction of sp³-hybridized carbons (Fsp3) is 0.786. The average molecular weight is 509 g/mol. The van der Waals surface area contributed by atoms with E-state index in [2.05, 4.69) is 6.92 Å². The minimum atomic E-state index is -6.27. The molecule has 2 aliphatic carbocycles. The van der Waals surface area contributed by atoms with Crippen molar-refractivity contribution in [3.8, 4) is 0 Å². The summed E-state index contributed by atoms with van der Waals surface area (Å²) >= 11 is 0. The van der Waals surface area contributed by atoms with Gasteiger partial charge < -0.3 is 0 Å². The highest BCUT2D eigenvalue weighted by Gasteiger charge is 2.72. The summed E-state index contributed by atoms with van der Waals surface area (Å²) in [6.45, 7) is 2.25. The van der Waals surface area contributed by atoms with E-state index in [1.165, 1.54) is 64.2 Å². The molecule has 0 aliphatic heterocycles. The normalized spacial score (nSPS) is 26.6. The Morgan fingerprint density at radius 2 is 1.26 bits per heavy atom. The van der Waals surface area contributed by atoms with E-state index >= 15 is 0 Å². The molecular formula is C28H39F7. The molecule has 0 heterocycles. The Hall–Kier alpha value is -1.27. The van der Waals surface area contributed by atoms with E-state index in [9.17, 15) is 30.7 Å². The molecule has 7 heteroatoms. The minimum Gasteiger partial charge on any atom is -0.199 e. The summed E-state index contributed by atoms with van der Waals surface area (Å²) in [5.41, 5.74) is 1.44. The Balaban J connectivity index is 1.43. The number of aryl methyl sites for hydroxylation is 1. The molecular weight excluding hydrogens is 469 g/mol. The first-order valence-corrected chi connectivity index (χ1v) is 13.4. The molecule has 0 bridgehead atoms. The zero-order valence-corrected chi connectivity index (χ0v) is 20.7. The van der Waals surface area contributed by atoms with Gasteiger partial charge in [-0.25, -0.2) is 0 Å². The lowest BCUT2D eigenvalue weighted by Crippen LogP contribution is -2.52. The molecule has 0 atom stereocenters. The second-order valence-electron chi connectivity index (χ2n) is 10.9. The van der Waals surface area contributed by atoms with Gasteiger partial charge in [0.05, 0.1) is 0 Å². The van der Waals surface area contributed by atoms with Crippen molar-refractivity contribution in [1.29, 1.82) is 0 Å². The molecule has 3 rings (SSSR count). The SMILES string of the molecule is CCCCCC1CCC(C2CCC(c3ccc(CCC(F)(F)C(F)(F)C(F)(F)F)cc3)CC2)CC1. The van der Waals surface area contributed by atoms with E-state index in [0.717, 1.165) is 36.2 Å². The molecule has 2 saturated carbocycles. The fourth-order valence-corrected chi connectivity index (χ4v) is 6.18. The smallest absolute Gasteiger partial charge is 0.199 e. The van der Waals surface area contributed by atoms with E-state index in [-0.39, 0.29) is 0 Å². The van der Waals surface area contributed by atoms with E-state index in [1.54, 1.807) is 12.1 Å². The first-order chi connectivity index (χ1) is 16.4. The summed E-state index contributed by atoms with van der Waals surface area (Å²) in [5.74, 6) is -8.27. The van der Waals surface area contributed by atoms with Crippen LogP contribution in [0, 0.1) is 17.8 Å². The molecule has 200 valence electrons. The van der Waals surface area contributed by atoms with Crippen molar-refractivity contribution in [2.24, 2.45) is 17.8 Å². The number of benzene rings is 1. The monoisotopic (exact) mass is 508 g/mol. The lowest BCUT2D eigenvalue weighted by molar-refractivity contribution is -0.355. The van der Waals surface area contributed by atoms with Gasteiger partial charge in [-0.2, -0.15) is 30.7 Å². The lowest BCUT2D eigenvalue weighted by atomic mass is 9.68. The summed E-state index contributed by atoms with van der Waals surface area (Å²) in [4.78, 5) is 0. The van der Waals surface area contributed by atoms with Crippen LogP contribution in [-0.2, 0) is 6.42 Å². The third-order valence-corrected chi connectivity index (χ3v) is 8.54. The topological polar surface area (TPSA) is 0 Å². The standard InChI is InChI=1S/C28H39F7/c1-2-3-4-5-20-6-10-22(11-7-20)24-14-16-25(17-15-24)23-12-8-21(9-13-23)18-19-26(29,30)27(31,32)28(33,34)35/h8-9,12-13,20,22,24-25H,2-7,10-11,14-19H2,1H3. The maximum absolute atomic E-state index is 13.6. The third kappa shape index (κ3) is 7.15. The quantitative estimate of drug-likeness (QED) is 0.218. The van der Waals surface area contributed by atoms with E-state index < -0.39 is 30.9 Å². The minimum absolute atomic E-state index is 0.343. The second kappa shape index (κ2) is 11.9. The van der Waals surface area contributed by atoms with Crippen molar-refractivity contribution in [2.75, 3.05) is 0 Å². The molecule has 0 aromatic heterocycles. The Kier molecular flexibility index (Phi) is 9.58. The number of unbranched alkanes of at least 4 members (excludes halogenated alkanes) is 2. The predicted octanol–water partition coefficient (Wildman–Crippen LogP) is 10.1. The first-order valence-electron chi connectivity index (χ1n) is 13.4. The van der Waals surface area contributed by atoms with Gasteiger partial charge in [0, 0.05) is 6.42 Å². The molecule has 2 aliphatic rings. The highest BCUT2D eigenvalue weighted by atomic mass is 19.4. The molecule has 0 nitrogen and oxygen atoms in total. The van der Waals surface area contributed by atoms with Gasteiger partial charge in [0.25, 0.3) is 0 Å². The van der Waals surface area contributed by atoms with Gasteiger partial charge in [-0.1, -0.05) is 69.7 Å². The Morgan fingerprint density at radius 1 is 0.714 bits per heavy atom. The van der Waals surface area contributed by atoms with Crippen molar-refractivity contribution in [3.63, 3.8) is 0 Å². The van der Waals surface area contributed by atoms with Gasteiger partial charge in [0.15, 0.2) is 0 Å². The average Bonchev–Trinajstić information content (AvgIpc) is 2.83. The number of rotatable bonds is 10. The Bertz CT molecular complexity index is 753. The summed E-state index contributed by atoms with van der Waals surface area (Å²) < 4.78 is 90.2. The number of hydrogen-bond acceptors (Lipinski definition) is 0. The van der Waals surface area contributed by atoms with Gasteiger partial charge in [0.2, 0.25) is 0 Å². The molecule has 0 radical (unpaired) electrons. The van der Waals surface area contributed by atoms with Gasteiger partial charge >= 0.3 is 18.0 Å². The zero-order chi connectivity index (χ0) is 25.7. The van der Waals surface area contributed by atoms with Crippen LogP contribution in [0.25, 0.3) is 0 Å². The Morgan fingerprint density at radius 3 is 1.77 bits per heavy atom. The fourth-order valence-electron chi connectivity index (χ4n) is 6.18. The molecule has 35 heavy (non-hydrogen) atoms. The molecule has 0 saturated heterocycles. The van der Waals surface area contributed by atoms with Crippen molar-refractivity contribution in [3.05, 3.63) is 35.4 Å². The lowest BCUT2D eigenvalue weighted by Gasteiger charge is -2.38. The van der Waals surface area contributed by atoms with Gasteiger partial charge in [-0.15, -0.1) is 0 Å². The number of hydrogen-bond donors (Lipinski definition) is 0. The van der Waals surface area contributed by atoms with E-state index in [0.29, 0.717) is 11.5 Å². The molecule has 0 amide bonds. The second-order valence-corrected chi connectivity index (χ2v) is 10.9. The van der Waals surface area contributed by atoms with Crippen LogP contribution in [0.5, 0.6) is 0 Å². The maximum Gasteiger partial charge on any atom is 0.459 e. The van der Waals surface area contributed by atoms with Gasteiger partial charge in [-0.3, -0.25) is 0 Å². The number of halogens is 7.